The van der Waals surface area contributed by atoms with Crippen molar-refractivity contribution in [3.63, 3.8) is 0 Å². The molecule has 106 valence electrons. The summed E-state index contributed by atoms with van der Waals surface area (Å²) in [6, 6.07) is 2.99. The van der Waals surface area contributed by atoms with Gasteiger partial charge in [0.05, 0.1) is 19.3 Å². The zero-order valence-corrected chi connectivity index (χ0v) is 11.6. The van der Waals surface area contributed by atoms with Crippen molar-refractivity contribution < 1.29 is 18.3 Å². The Morgan fingerprint density at radius 3 is 2.89 bits per heavy atom. The second-order valence-electron chi connectivity index (χ2n) is 4.43. The summed E-state index contributed by atoms with van der Waals surface area (Å²) in [6.45, 7) is 2.94. The fourth-order valence-corrected chi connectivity index (χ4v) is 3.31. The Labute approximate surface area is 113 Å². The van der Waals surface area contributed by atoms with Gasteiger partial charge in [0, 0.05) is 19.3 Å². The Kier molecular flexibility index (Phi) is 4.51. The topological polar surface area (TPSA) is 79.7 Å². The van der Waals surface area contributed by atoms with Crippen LogP contribution in [0.4, 0.5) is 0 Å². The zero-order chi connectivity index (χ0) is 13.9. The molecule has 0 bridgehead atoms. The first-order valence-electron chi connectivity index (χ1n) is 6.25. The zero-order valence-electron chi connectivity index (χ0n) is 10.8. The second kappa shape index (κ2) is 5.96. The Hall–Kier alpha value is -1.02. The maximum Gasteiger partial charge on any atom is 0.260 e. The molecule has 19 heavy (non-hydrogen) atoms. The Morgan fingerprint density at radius 2 is 2.32 bits per heavy atom. The van der Waals surface area contributed by atoms with E-state index in [0.29, 0.717) is 25.3 Å². The number of hydrogen-bond donors (Lipinski definition) is 1. The van der Waals surface area contributed by atoms with Gasteiger partial charge in [0.25, 0.3) is 10.0 Å². The number of rotatable bonds is 4. The fraction of sp³-hybridized carbons (Fsp3) is 0.583. The molecule has 1 aliphatic rings. The van der Waals surface area contributed by atoms with Gasteiger partial charge in [0.2, 0.25) is 0 Å². The van der Waals surface area contributed by atoms with E-state index in [1.165, 1.54) is 16.6 Å². The minimum atomic E-state index is -3.57. The molecule has 1 unspecified atom stereocenters. The van der Waals surface area contributed by atoms with Crippen molar-refractivity contribution in [2.24, 2.45) is 0 Å². The molecule has 0 saturated carbocycles. The number of sulfonamides is 1. The van der Waals surface area contributed by atoms with Gasteiger partial charge in [-0.05, 0) is 18.1 Å². The average molecular weight is 286 g/mol. The van der Waals surface area contributed by atoms with Gasteiger partial charge in [-0.25, -0.2) is 13.4 Å². The largest absolute Gasteiger partial charge is 0.392 e. The molecule has 0 radical (unpaired) electrons. The van der Waals surface area contributed by atoms with Crippen LogP contribution in [-0.4, -0.2) is 48.6 Å². The number of hydrogen-bond acceptors (Lipinski definition) is 5. The molecule has 1 aromatic rings. The highest BCUT2D eigenvalue weighted by atomic mass is 32.2. The molecule has 0 aromatic carbocycles. The van der Waals surface area contributed by atoms with E-state index in [-0.39, 0.29) is 17.7 Å². The van der Waals surface area contributed by atoms with Crippen LogP contribution in [0.3, 0.4) is 0 Å². The molecule has 2 rings (SSSR count). The standard InChI is InChI=1S/C12H18N2O4S/c1-2-11-8-14(5-6-18-11)19(16,17)12-4-3-10(9-15)7-13-12/h3-4,7,11,15H,2,5-6,8-9H2,1H3. The molecular formula is C12H18N2O4S. The highest BCUT2D eigenvalue weighted by molar-refractivity contribution is 7.89. The first-order valence-corrected chi connectivity index (χ1v) is 7.69. The van der Waals surface area contributed by atoms with Crippen molar-refractivity contribution in [3.05, 3.63) is 23.9 Å². The predicted molar refractivity (Wildman–Crippen MR) is 68.9 cm³/mol. The first-order chi connectivity index (χ1) is 9.07. The highest BCUT2D eigenvalue weighted by Gasteiger charge is 2.30. The summed E-state index contributed by atoms with van der Waals surface area (Å²) in [4.78, 5) is 3.92. The number of nitrogens with zero attached hydrogens (tertiary/aromatic N) is 2. The lowest BCUT2D eigenvalue weighted by atomic mass is 10.2. The maximum absolute atomic E-state index is 12.4. The van der Waals surface area contributed by atoms with Crippen LogP contribution in [0.25, 0.3) is 0 Å². The van der Waals surface area contributed by atoms with Gasteiger partial charge >= 0.3 is 0 Å². The quantitative estimate of drug-likeness (QED) is 0.865. The number of aliphatic hydroxyl groups excluding tert-OH is 1. The van der Waals surface area contributed by atoms with Gasteiger partial charge in [0.15, 0.2) is 5.03 Å². The fourth-order valence-electron chi connectivity index (χ4n) is 1.95. The lowest BCUT2D eigenvalue weighted by Crippen LogP contribution is -2.45. The van der Waals surface area contributed by atoms with Crippen LogP contribution < -0.4 is 0 Å². The summed E-state index contributed by atoms with van der Waals surface area (Å²) in [5.41, 5.74) is 0.590. The van der Waals surface area contributed by atoms with E-state index in [2.05, 4.69) is 4.98 Å². The summed E-state index contributed by atoms with van der Waals surface area (Å²) in [6.07, 6.45) is 2.10. The van der Waals surface area contributed by atoms with Crippen LogP contribution in [0.15, 0.2) is 23.4 Å². The molecule has 0 spiro atoms. The molecule has 0 amide bonds. The molecule has 0 aliphatic carbocycles. The van der Waals surface area contributed by atoms with Crippen molar-refractivity contribution in [2.45, 2.75) is 31.1 Å². The van der Waals surface area contributed by atoms with Crippen molar-refractivity contribution in [2.75, 3.05) is 19.7 Å². The summed E-state index contributed by atoms with van der Waals surface area (Å²) in [5, 5.41) is 8.95. The molecule has 1 N–H and O–H groups in total. The van der Waals surface area contributed by atoms with Gasteiger partial charge in [-0.3, -0.25) is 0 Å². The minimum absolute atomic E-state index is 0.0152. The molecular weight excluding hydrogens is 268 g/mol. The van der Waals surface area contributed by atoms with Crippen molar-refractivity contribution in [3.8, 4) is 0 Å². The molecule has 1 fully saturated rings. The van der Waals surface area contributed by atoms with Crippen molar-refractivity contribution in [1.82, 2.24) is 9.29 Å². The van der Waals surface area contributed by atoms with Crippen LogP contribution in [0.1, 0.15) is 18.9 Å². The SMILES string of the molecule is CCC1CN(S(=O)(=O)c2ccc(CO)cn2)CCO1. The van der Waals surface area contributed by atoms with E-state index in [0.717, 1.165) is 6.42 Å². The number of aliphatic hydroxyl groups is 1. The highest BCUT2D eigenvalue weighted by Crippen LogP contribution is 2.18. The summed E-state index contributed by atoms with van der Waals surface area (Å²) >= 11 is 0. The average Bonchev–Trinajstić information content (AvgIpc) is 2.47. The first kappa shape index (κ1) is 14.4. The van der Waals surface area contributed by atoms with Crippen LogP contribution in [0, 0.1) is 0 Å². The lowest BCUT2D eigenvalue weighted by molar-refractivity contribution is -0.00284. The minimum Gasteiger partial charge on any atom is -0.392 e. The second-order valence-corrected chi connectivity index (χ2v) is 6.31. The Bertz CT molecular complexity index is 515. The van der Waals surface area contributed by atoms with Gasteiger partial charge < -0.3 is 9.84 Å². The number of ether oxygens (including phenoxy) is 1. The normalized spacial score (nSPS) is 21.5. The number of aromatic nitrogens is 1. The van der Waals surface area contributed by atoms with Crippen molar-refractivity contribution >= 4 is 10.0 Å². The van der Waals surface area contributed by atoms with E-state index in [1.54, 1.807) is 6.07 Å². The summed E-state index contributed by atoms with van der Waals surface area (Å²) in [7, 11) is -3.57. The smallest absolute Gasteiger partial charge is 0.260 e. The Balaban J connectivity index is 2.20. The molecule has 1 aromatic heterocycles. The van der Waals surface area contributed by atoms with E-state index in [9.17, 15) is 8.42 Å². The summed E-state index contributed by atoms with van der Waals surface area (Å²) < 4.78 is 31.7. The number of morpholine rings is 1. The molecule has 7 heteroatoms. The van der Waals surface area contributed by atoms with Gasteiger partial charge in [-0.1, -0.05) is 13.0 Å². The third-order valence-corrected chi connectivity index (χ3v) is 4.92. The van der Waals surface area contributed by atoms with Gasteiger partial charge in [-0.2, -0.15) is 4.31 Å². The third-order valence-electron chi connectivity index (χ3n) is 3.14. The van der Waals surface area contributed by atoms with Crippen LogP contribution in [-0.2, 0) is 21.4 Å². The molecule has 1 atom stereocenters. The van der Waals surface area contributed by atoms with Crippen molar-refractivity contribution in [1.29, 1.82) is 0 Å². The predicted octanol–water partition coefficient (Wildman–Crippen LogP) is 0.373. The maximum atomic E-state index is 12.4. The summed E-state index contributed by atoms with van der Waals surface area (Å²) in [5.74, 6) is 0. The van der Waals surface area contributed by atoms with Crippen LogP contribution >= 0.6 is 0 Å². The van der Waals surface area contributed by atoms with E-state index in [1.807, 2.05) is 6.92 Å². The lowest BCUT2D eigenvalue weighted by Gasteiger charge is -2.31. The van der Waals surface area contributed by atoms with Gasteiger partial charge in [0.1, 0.15) is 0 Å². The number of pyridine rings is 1. The van der Waals surface area contributed by atoms with Gasteiger partial charge in [-0.15, -0.1) is 0 Å². The molecule has 1 aliphatic heterocycles. The van der Waals surface area contributed by atoms with E-state index < -0.39 is 10.0 Å². The monoisotopic (exact) mass is 286 g/mol. The molecule has 1 saturated heterocycles. The van der Waals surface area contributed by atoms with Crippen LogP contribution in [0.2, 0.25) is 0 Å². The Morgan fingerprint density at radius 1 is 1.53 bits per heavy atom. The molecule has 6 nitrogen and oxygen atoms in total. The van der Waals surface area contributed by atoms with E-state index in [4.69, 9.17) is 9.84 Å². The third kappa shape index (κ3) is 3.11. The van der Waals surface area contributed by atoms with E-state index >= 15 is 0 Å². The van der Waals surface area contributed by atoms with Crippen LogP contribution in [0.5, 0.6) is 0 Å². The molecule has 2 heterocycles.